The third-order valence-corrected chi connectivity index (χ3v) is 5.25. The standard InChI is InChI=1S/C17H26F3N3OS.HI/c1-5-21-15(22-10-11-25(24)16(2,3)4)23-12-13-6-8-14(9-7-13)17(18,19)20;/h6-9H,5,10-12H2,1-4H3,(H2,21,22,23);1H. The van der Waals surface area contributed by atoms with Gasteiger partial charge in [0.1, 0.15) is 0 Å². The number of guanidine groups is 1. The van der Waals surface area contributed by atoms with Gasteiger partial charge < -0.3 is 10.6 Å². The van der Waals surface area contributed by atoms with E-state index in [1.54, 1.807) is 0 Å². The number of benzene rings is 1. The Balaban J connectivity index is 0.00000625. The van der Waals surface area contributed by atoms with Gasteiger partial charge in [0.15, 0.2) is 5.96 Å². The zero-order valence-corrected chi connectivity index (χ0v) is 18.6. The molecule has 0 aliphatic heterocycles. The monoisotopic (exact) mass is 505 g/mol. The maximum absolute atomic E-state index is 12.5. The fourth-order valence-corrected chi connectivity index (χ4v) is 2.78. The molecule has 4 nitrogen and oxygen atoms in total. The van der Waals surface area contributed by atoms with Gasteiger partial charge in [-0.15, -0.1) is 24.0 Å². The first-order valence-corrected chi connectivity index (χ1v) is 9.42. The molecule has 0 radical (unpaired) electrons. The molecule has 0 aliphatic rings. The molecule has 0 spiro atoms. The summed E-state index contributed by atoms with van der Waals surface area (Å²) in [6.45, 7) is 9.11. The summed E-state index contributed by atoms with van der Waals surface area (Å²) in [4.78, 5) is 4.35. The van der Waals surface area contributed by atoms with E-state index in [0.717, 1.165) is 12.1 Å². The number of nitrogens with zero attached hydrogens (tertiary/aromatic N) is 1. The van der Waals surface area contributed by atoms with Crippen molar-refractivity contribution in [2.75, 3.05) is 18.8 Å². The zero-order valence-electron chi connectivity index (χ0n) is 15.4. The fourth-order valence-electron chi connectivity index (χ4n) is 1.88. The molecule has 1 atom stereocenters. The first-order valence-electron chi connectivity index (χ1n) is 8.11. The van der Waals surface area contributed by atoms with Gasteiger partial charge in [-0.1, -0.05) is 12.1 Å². The molecule has 150 valence electrons. The number of alkyl halides is 3. The molecule has 0 fully saturated rings. The first kappa shape index (κ1) is 25.2. The summed E-state index contributed by atoms with van der Waals surface area (Å²) in [5, 5.41) is 6.16. The third kappa shape index (κ3) is 9.20. The lowest BCUT2D eigenvalue weighted by Gasteiger charge is -2.18. The number of hydrogen-bond acceptors (Lipinski definition) is 2. The van der Waals surface area contributed by atoms with Crippen LogP contribution in [0.5, 0.6) is 0 Å². The number of rotatable bonds is 6. The van der Waals surface area contributed by atoms with Crippen molar-refractivity contribution in [2.45, 2.75) is 45.2 Å². The number of hydrogen-bond donors (Lipinski definition) is 2. The average molecular weight is 505 g/mol. The van der Waals surface area contributed by atoms with Crippen LogP contribution in [-0.2, 0) is 23.5 Å². The van der Waals surface area contributed by atoms with Gasteiger partial charge in [-0.05, 0) is 45.4 Å². The summed E-state index contributed by atoms with van der Waals surface area (Å²) in [7, 11) is -0.961. The maximum atomic E-state index is 12.5. The van der Waals surface area contributed by atoms with E-state index >= 15 is 0 Å². The summed E-state index contributed by atoms with van der Waals surface area (Å²) in [6, 6.07) is 4.95. The quantitative estimate of drug-likeness (QED) is 0.350. The molecule has 0 bridgehead atoms. The van der Waals surface area contributed by atoms with Crippen LogP contribution in [0.15, 0.2) is 29.3 Å². The largest absolute Gasteiger partial charge is 0.416 e. The summed E-state index contributed by atoms with van der Waals surface area (Å²) in [5.74, 6) is 1.04. The second-order valence-electron chi connectivity index (χ2n) is 6.48. The van der Waals surface area contributed by atoms with E-state index in [1.807, 2.05) is 27.7 Å². The summed E-state index contributed by atoms with van der Waals surface area (Å²) >= 11 is 0. The second-order valence-corrected chi connectivity index (χ2v) is 8.80. The minimum atomic E-state index is -4.33. The predicted molar refractivity (Wildman–Crippen MR) is 112 cm³/mol. The van der Waals surface area contributed by atoms with Gasteiger partial charge in [0.05, 0.1) is 12.1 Å². The SMILES string of the molecule is CCNC(=NCc1ccc(C(F)(F)F)cc1)NCCS(=O)C(C)(C)C.I. The van der Waals surface area contributed by atoms with E-state index in [0.29, 0.717) is 30.4 Å². The lowest BCUT2D eigenvalue weighted by atomic mass is 10.1. The first-order chi connectivity index (χ1) is 11.5. The molecule has 0 aromatic heterocycles. The molecule has 0 aliphatic carbocycles. The highest BCUT2D eigenvalue weighted by molar-refractivity contribution is 14.0. The van der Waals surface area contributed by atoms with Gasteiger partial charge in [0.2, 0.25) is 0 Å². The van der Waals surface area contributed by atoms with Crippen molar-refractivity contribution in [1.82, 2.24) is 10.6 Å². The lowest BCUT2D eigenvalue weighted by Crippen LogP contribution is -2.40. The third-order valence-electron chi connectivity index (χ3n) is 3.31. The van der Waals surface area contributed by atoms with E-state index in [1.165, 1.54) is 12.1 Å². The summed E-state index contributed by atoms with van der Waals surface area (Å²) < 4.78 is 49.4. The van der Waals surface area contributed by atoms with Crippen molar-refractivity contribution in [2.24, 2.45) is 4.99 Å². The van der Waals surface area contributed by atoms with Crippen LogP contribution in [0.25, 0.3) is 0 Å². The van der Waals surface area contributed by atoms with E-state index in [4.69, 9.17) is 0 Å². The number of halogens is 4. The number of aliphatic imine (C=N–C) groups is 1. The molecule has 0 saturated heterocycles. The normalized spacial score (nSPS) is 13.7. The minimum absolute atomic E-state index is 0. The molecule has 1 aromatic rings. The van der Waals surface area contributed by atoms with Crippen LogP contribution in [0.2, 0.25) is 0 Å². The molecular weight excluding hydrogens is 478 g/mol. The second kappa shape index (κ2) is 11.1. The van der Waals surface area contributed by atoms with E-state index < -0.39 is 22.5 Å². The summed E-state index contributed by atoms with van der Waals surface area (Å²) in [6.07, 6.45) is -4.33. The van der Waals surface area contributed by atoms with E-state index in [9.17, 15) is 17.4 Å². The van der Waals surface area contributed by atoms with Crippen LogP contribution in [0, 0.1) is 0 Å². The van der Waals surface area contributed by atoms with Gasteiger partial charge in [-0.25, -0.2) is 4.99 Å². The topological polar surface area (TPSA) is 53.5 Å². The Morgan fingerprint density at radius 3 is 2.15 bits per heavy atom. The Morgan fingerprint density at radius 2 is 1.69 bits per heavy atom. The molecular formula is C17H27F3IN3OS. The van der Waals surface area contributed by atoms with Crippen LogP contribution in [0.1, 0.15) is 38.8 Å². The van der Waals surface area contributed by atoms with Gasteiger partial charge in [0, 0.05) is 34.4 Å². The molecule has 1 aromatic carbocycles. The Morgan fingerprint density at radius 1 is 1.12 bits per heavy atom. The predicted octanol–water partition coefficient (Wildman–Crippen LogP) is 3.93. The van der Waals surface area contributed by atoms with Crippen LogP contribution in [0.3, 0.4) is 0 Å². The van der Waals surface area contributed by atoms with Crippen molar-refractivity contribution in [3.8, 4) is 0 Å². The highest BCUT2D eigenvalue weighted by atomic mass is 127. The molecule has 2 N–H and O–H groups in total. The van der Waals surface area contributed by atoms with Gasteiger partial charge in [-0.2, -0.15) is 13.2 Å². The van der Waals surface area contributed by atoms with E-state index in [2.05, 4.69) is 15.6 Å². The minimum Gasteiger partial charge on any atom is -0.357 e. The molecule has 0 saturated carbocycles. The van der Waals surface area contributed by atoms with Crippen molar-refractivity contribution in [3.05, 3.63) is 35.4 Å². The highest BCUT2D eigenvalue weighted by Gasteiger charge is 2.29. The van der Waals surface area contributed by atoms with Crippen LogP contribution < -0.4 is 10.6 Å². The Hall–Kier alpha value is -0.840. The van der Waals surface area contributed by atoms with Gasteiger partial charge in [-0.3, -0.25) is 4.21 Å². The molecule has 1 rings (SSSR count). The van der Waals surface area contributed by atoms with Crippen LogP contribution in [0.4, 0.5) is 13.2 Å². The maximum Gasteiger partial charge on any atom is 0.416 e. The molecule has 0 amide bonds. The zero-order chi connectivity index (χ0) is 19.1. The molecule has 9 heteroatoms. The number of nitrogens with one attached hydrogen (secondary N) is 2. The fraction of sp³-hybridized carbons (Fsp3) is 0.588. The van der Waals surface area contributed by atoms with E-state index in [-0.39, 0.29) is 35.3 Å². The summed E-state index contributed by atoms with van der Waals surface area (Å²) in [5.41, 5.74) is 0.0124. The average Bonchev–Trinajstić information content (AvgIpc) is 2.51. The Labute approximate surface area is 172 Å². The van der Waals surface area contributed by atoms with Crippen LogP contribution in [-0.4, -0.2) is 33.8 Å². The Kier molecular flexibility index (Phi) is 10.7. The van der Waals surface area contributed by atoms with Crippen molar-refractivity contribution < 1.29 is 17.4 Å². The Bertz CT molecular complexity index is 599. The van der Waals surface area contributed by atoms with Crippen molar-refractivity contribution in [3.63, 3.8) is 0 Å². The van der Waals surface area contributed by atoms with Crippen molar-refractivity contribution >= 4 is 40.7 Å². The van der Waals surface area contributed by atoms with Crippen LogP contribution >= 0.6 is 24.0 Å². The molecule has 0 heterocycles. The van der Waals surface area contributed by atoms with Gasteiger partial charge >= 0.3 is 6.18 Å². The highest BCUT2D eigenvalue weighted by Crippen LogP contribution is 2.29. The lowest BCUT2D eigenvalue weighted by molar-refractivity contribution is -0.137. The van der Waals surface area contributed by atoms with Crippen molar-refractivity contribution in [1.29, 1.82) is 0 Å². The smallest absolute Gasteiger partial charge is 0.357 e. The van der Waals surface area contributed by atoms with Gasteiger partial charge in [0.25, 0.3) is 0 Å². The molecule has 26 heavy (non-hydrogen) atoms. The molecule has 1 unspecified atom stereocenters.